The molecule has 23 heavy (non-hydrogen) atoms. The lowest BCUT2D eigenvalue weighted by Crippen LogP contribution is -2.27. The second-order valence-electron chi connectivity index (χ2n) is 5.22. The molecule has 0 saturated carbocycles. The Bertz CT molecular complexity index is 617. The topological polar surface area (TPSA) is 70.6 Å². The van der Waals surface area contributed by atoms with E-state index in [0.29, 0.717) is 6.61 Å². The van der Waals surface area contributed by atoms with Crippen LogP contribution in [0.25, 0.3) is 0 Å². The molecule has 0 heterocycles. The number of methoxy groups -OCH3 is 1. The lowest BCUT2D eigenvalue weighted by Gasteiger charge is -2.17. The van der Waals surface area contributed by atoms with Crippen molar-refractivity contribution in [3.63, 3.8) is 0 Å². The third kappa shape index (κ3) is 4.81. The number of amides is 1. The molecule has 0 aliphatic carbocycles. The van der Waals surface area contributed by atoms with Gasteiger partial charge in [0.25, 0.3) is 5.91 Å². The fourth-order valence-electron chi connectivity index (χ4n) is 2.48. The highest BCUT2D eigenvalue weighted by Gasteiger charge is 2.22. The molecule has 0 radical (unpaired) electrons. The van der Waals surface area contributed by atoms with Crippen LogP contribution in [0.4, 0.5) is 5.69 Å². The van der Waals surface area contributed by atoms with Gasteiger partial charge in [-0.3, -0.25) is 10.0 Å². The Kier molecular flexibility index (Phi) is 6.59. The number of carbonyl (C=O) groups is 1. The maximum absolute atomic E-state index is 12.1. The molecule has 0 aliphatic rings. The lowest BCUT2D eigenvalue weighted by atomic mass is 9.90. The number of hydrogen-bond acceptors (Lipinski definition) is 4. The van der Waals surface area contributed by atoms with E-state index in [0.717, 1.165) is 29.8 Å². The smallest absolute Gasteiger partial charge is 0.255 e. The Morgan fingerprint density at radius 3 is 2.57 bits per heavy atom. The zero-order valence-corrected chi connectivity index (χ0v) is 13.2. The van der Waals surface area contributed by atoms with Crippen LogP contribution < -0.4 is 10.8 Å². The summed E-state index contributed by atoms with van der Waals surface area (Å²) in [6.07, 6.45) is 0.903. The van der Waals surface area contributed by atoms with Gasteiger partial charge in [0.2, 0.25) is 0 Å². The molecule has 0 aromatic heterocycles. The summed E-state index contributed by atoms with van der Waals surface area (Å²) < 4.78 is 5.02. The summed E-state index contributed by atoms with van der Waals surface area (Å²) in [4.78, 5) is 12.1. The van der Waals surface area contributed by atoms with E-state index in [1.165, 1.54) is 0 Å². The Labute approximate surface area is 136 Å². The average Bonchev–Trinajstić information content (AvgIpc) is 2.60. The number of hydrogen-bond donors (Lipinski definition) is 3. The summed E-state index contributed by atoms with van der Waals surface area (Å²) in [5, 5.41) is 12.4. The number of benzene rings is 2. The van der Waals surface area contributed by atoms with E-state index in [4.69, 9.17) is 9.94 Å². The first-order chi connectivity index (χ1) is 11.3. The maximum atomic E-state index is 12.1. The quantitative estimate of drug-likeness (QED) is 0.398. The van der Waals surface area contributed by atoms with E-state index >= 15 is 0 Å². The van der Waals surface area contributed by atoms with Gasteiger partial charge in [0.1, 0.15) is 0 Å². The van der Waals surface area contributed by atoms with Crippen LogP contribution in [0, 0.1) is 0 Å². The van der Waals surface area contributed by atoms with Crippen molar-refractivity contribution in [2.75, 3.05) is 25.6 Å². The van der Waals surface area contributed by atoms with Crippen LogP contribution in [0.2, 0.25) is 0 Å². The van der Waals surface area contributed by atoms with Gasteiger partial charge < -0.3 is 10.1 Å². The summed E-state index contributed by atoms with van der Waals surface area (Å²) in [5.41, 5.74) is 4.35. The predicted molar refractivity (Wildman–Crippen MR) is 89.6 cm³/mol. The van der Waals surface area contributed by atoms with E-state index in [2.05, 4.69) is 5.32 Å². The van der Waals surface area contributed by atoms with Crippen LogP contribution in [0.5, 0.6) is 0 Å². The van der Waals surface area contributed by atoms with Gasteiger partial charge in [0, 0.05) is 25.9 Å². The molecule has 2 rings (SSSR count). The Balaban J connectivity index is 2.20. The second kappa shape index (κ2) is 8.92. The molecule has 0 fully saturated rings. The summed E-state index contributed by atoms with van der Waals surface area (Å²) in [5.74, 6) is -1.00. The largest absolute Gasteiger partial charge is 0.385 e. The highest BCUT2D eigenvalue weighted by molar-refractivity contribution is 5.86. The van der Waals surface area contributed by atoms with Crippen molar-refractivity contribution < 1.29 is 14.7 Å². The van der Waals surface area contributed by atoms with E-state index in [9.17, 15) is 4.79 Å². The van der Waals surface area contributed by atoms with Crippen LogP contribution in [0.3, 0.4) is 0 Å². The Morgan fingerprint density at radius 1 is 1.13 bits per heavy atom. The summed E-state index contributed by atoms with van der Waals surface area (Å²) >= 11 is 0. The first-order valence-corrected chi connectivity index (χ1v) is 7.58. The zero-order chi connectivity index (χ0) is 16.5. The highest BCUT2D eigenvalue weighted by Crippen LogP contribution is 2.26. The third-order valence-electron chi connectivity index (χ3n) is 3.58. The van der Waals surface area contributed by atoms with Crippen molar-refractivity contribution in [3.05, 3.63) is 65.7 Å². The molecule has 2 aromatic rings. The van der Waals surface area contributed by atoms with E-state index in [-0.39, 0.29) is 0 Å². The number of hydroxylamine groups is 1. The Hall–Kier alpha value is -2.37. The average molecular weight is 314 g/mol. The minimum absolute atomic E-state index is 0.451. The fourth-order valence-corrected chi connectivity index (χ4v) is 2.48. The minimum Gasteiger partial charge on any atom is -0.385 e. The normalized spacial score (nSPS) is 11.7. The molecule has 5 nitrogen and oxygen atoms in total. The van der Waals surface area contributed by atoms with Crippen molar-refractivity contribution in [2.24, 2.45) is 0 Å². The van der Waals surface area contributed by atoms with Crippen molar-refractivity contribution >= 4 is 11.6 Å². The molecule has 0 aliphatic heterocycles. The molecule has 5 heteroatoms. The molecule has 1 unspecified atom stereocenters. The summed E-state index contributed by atoms with van der Waals surface area (Å²) in [6.45, 7) is 1.49. The third-order valence-corrected chi connectivity index (χ3v) is 3.58. The molecular formula is C18H22N2O3. The highest BCUT2D eigenvalue weighted by atomic mass is 16.5. The maximum Gasteiger partial charge on any atom is 0.255 e. The fraction of sp³-hybridized carbons (Fsp3) is 0.278. The number of nitrogens with one attached hydrogen (secondary N) is 2. The van der Waals surface area contributed by atoms with Crippen LogP contribution in [0.15, 0.2) is 54.6 Å². The standard InChI is InChI=1S/C18H22N2O3/c1-23-12-6-11-19-16-10-5-9-15(13-16)17(18(21)20-22)14-7-3-2-4-8-14/h2-5,7-10,13,17,19,22H,6,11-12H2,1H3,(H,20,21). The summed E-state index contributed by atoms with van der Waals surface area (Å²) in [7, 11) is 1.68. The molecule has 1 atom stereocenters. The van der Waals surface area contributed by atoms with Gasteiger partial charge in [-0.1, -0.05) is 42.5 Å². The molecule has 3 N–H and O–H groups in total. The first-order valence-electron chi connectivity index (χ1n) is 7.58. The molecule has 122 valence electrons. The van der Waals surface area contributed by atoms with Gasteiger partial charge in [-0.25, -0.2) is 5.48 Å². The van der Waals surface area contributed by atoms with Gasteiger partial charge >= 0.3 is 0 Å². The molecular weight excluding hydrogens is 292 g/mol. The molecule has 0 spiro atoms. The van der Waals surface area contributed by atoms with Crippen molar-refractivity contribution in [3.8, 4) is 0 Å². The first kappa shape index (κ1) is 17.0. The van der Waals surface area contributed by atoms with Crippen LogP contribution in [-0.4, -0.2) is 31.4 Å². The van der Waals surface area contributed by atoms with E-state index in [1.54, 1.807) is 12.6 Å². The molecule has 0 saturated heterocycles. The van der Waals surface area contributed by atoms with Crippen molar-refractivity contribution in [1.82, 2.24) is 5.48 Å². The zero-order valence-electron chi connectivity index (χ0n) is 13.2. The molecule has 0 bridgehead atoms. The van der Waals surface area contributed by atoms with Gasteiger partial charge in [-0.15, -0.1) is 0 Å². The SMILES string of the molecule is COCCCNc1cccc(C(C(=O)NO)c2ccccc2)c1. The number of ether oxygens (including phenoxy) is 1. The Morgan fingerprint density at radius 2 is 1.87 bits per heavy atom. The van der Waals surface area contributed by atoms with Crippen LogP contribution >= 0.6 is 0 Å². The monoisotopic (exact) mass is 314 g/mol. The predicted octanol–water partition coefficient (Wildman–Crippen LogP) is 2.77. The number of anilines is 1. The lowest BCUT2D eigenvalue weighted by molar-refractivity contribution is -0.129. The molecule has 2 aromatic carbocycles. The number of carbonyl (C=O) groups excluding carboxylic acids is 1. The van der Waals surface area contributed by atoms with Crippen molar-refractivity contribution in [2.45, 2.75) is 12.3 Å². The second-order valence-corrected chi connectivity index (χ2v) is 5.22. The van der Waals surface area contributed by atoms with Crippen molar-refractivity contribution in [1.29, 1.82) is 0 Å². The van der Waals surface area contributed by atoms with Crippen LogP contribution in [-0.2, 0) is 9.53 Å². The van der Waals surface area contributed by atoms with Gasteiger partial charge in [0.05, 0.1) is 5.92 Å². The number of rotatable bonds is 8. The van der Waals surface area contributed by atoms with Crippen LogP contribution in [0.1, 0.15) is 23.5 Å². The van der Waals surface area contributed by atoms with Gasteiger partial charge in [-0.05, 0) is 29.7 Å². The minimum atomic E-state index is -0.554. The van der Waals surface area contributed by atoms with E-state index in [1.807, 2.05) is 54.6 Å². The molecule has 1 amide bonds. The van der Waals surface area contributed by atoms with Gasteiger partial charge in [-0.2, -0.15) is 0 Å². The van der Waals surface area contributed by atoms with E-state index < -0.39 is 11.8 Å². The van der Waals surface area contributed by atoms with Gasteiger partial charge in [0.15, 0.2) is 0 Å². The summed E-state index contributed by atoms with van der Waals surface area (Å²) in [6, 6.07) is 17.1.